The van der Waals surface area contributed by atoms with Gasteiger partial charge < -0.3 is 10.1 Å². The Morgan fingerprint density at radius 1 is 1.45 bits per heavy atom. The minimum Gasteiger partial charge on any atom is -0.466 e. The number of allylic oxidation sites excluding steroid dienone is 1. The molecule has 0 unspecified atom stereocenters. The molecule has 0 spiro atoms. The van der Waals surface area contributed by atoms with Gasteiger partial charge in [-0.3, -0.25) is 4.90 Å². The van der Waals surface area contributed by atoms with Crippen molar-refractivity contribution in [3.63, 3.8) is 0 Å². The van der Waals surface area contributed by atoms with Gasteiger partial charge in [0.15, 0.2) is 0 Å². The second-order valence-corrected chi connectivity index (χ2v) is 5.74. The number of esters is 1. The summed E-state index contributed by atoms with van der Waals surface area (Å²) in [6, 6.07) is 6.64. The molecule has 22 heavy (non-hydrogen) atoms. The standard InChI is InChI=1S/C16H17BrN2O3/c1-4-9-19-10(2)13(15(20)22-3)14(18-16(19)21)11-5-7-12(17)8-6-11/h4-8,14H,1,9H2,2-3H3,(H,18,21)/t14-/m0/s1. The van der Waals surface area contributed by atoms with Crippen molar-refractivity contribution < 1.29 is 14.3 Å². The Bertz CT molecular complexity index is 637. The second kappa shape index (κ2) is 6.79. The Hall–Kier alpha value is -2.08. The summed E-state index contributed by atoms with van der Waals surface area (Å²) in [4.78, 5) is 25.9. The van der Waals surface area contributed by atoms with Crippen LogP contribution in [0.1, 0.15) is 18.5 Å². The molecular formula is C16H17BrN2O3. The van der Waals surface area contributed by atoms with Crippen LogP contribution in [0.3, 0.4) is 0 Å². The number of urea groups is 1. The minimum atomic E-state index is -0.533. The largest absolute Gasteiger partial charge is 0.466 e. The monoisotopic (exact) mass is 364 g/mol. The smallest absolute Gasteiger partial charge is 0.337 e. The topological polar surface area (TPSA) is 58.6 Å². The van der Waals surface area contributed by atoms with Crippen LogP contribution in [-0.2, 0) is 9.53 Å². The number of rotatable bonds is 4. The summed E-state index contributed by atoms with van der Waals surface area (Å²) >= 11 is 3.37. The molecule has 116 valence electrons. The third kappa shape index (κ3) is 3.06. The Labute approximate surface area is 137 Å². The van der Waals surface area contributed by atoms with Crippen molar-refractivity contribution in [2.45, 2.75) is 13.0 Å². The highest BCUT2D eigenvalue weighted by atomic mass is 79.9. The summed E-state index contributed by atoms with van der Waals surface area (Å²) in [5.74, 6) is -0.459. The van der Waals surface area contributed by atoms with Gasteiger partial charge in [-0.2, -0.15) is 0 Å². The van der Waals surface area contributed by atoms with Gasteiger partial charge in [-0.25, -0.2) is 9.59 Å². The molecule has 0 aliphatic carbocycles. The lowest BCUT2D eigenvalue weighted by Gasteiger charge is -2.34. The van der Waals surface area contributed by atoms with E-state index in [0.29, 0.717) is 17.8 Å². The van der Waals surface area contributed by atoms with E-state index in [1.165, 1.54) is 12.0 Å². The zero-order chi connectivity index (χ0) is 16.3. The van der Waals surface area contributed by atoms with Crippen molar-refractivity contribution in [1.82, 2.24) is 10.2 Å². The second-order valence-electron chi connectivity index (χ2n) is 4.82. The van der Waals surface area contributed by atoms with E-state index in [0.717, 1.165) is 10.0 Å². The number of nitrogens with zero attached hydrogens (tertiary/aromatic N) is 1. The Kier molecular flexibility index (Phi) is 5.03. The van der Waals surface area contributed by atoms with Crippen molar-refractivity contribution in [2.75, 3.05) is 13.7 Å². The number of halogens is 1. The summed E-state index contributed by atoms with van der Waals surface area (Å²) < 4.78 is 5.81. The third-order valence-corrected chi connectivity index (χ3v) is 4.05. The van der Waals surface area contributed by atoms with E-state index in [1.54, 1.807) is 13.0 Å². The van der Waals surface area contributed by atoms with Gasteiger partial charge in [0.2, 0.25) is 0 Å². The number of nitrogens with one attached hydrogen (secondary N) is 1. The van der Waals surface area contributed by atoms with Gasteiger partial charge in [0.25, 0.3) is 0 Å². The maximum atomic E-state index is 12.3. The number of hydrogen-bond donors (Lipinski definition) is 1. The molecular weight excluding hydrogens is 348 g/mol. The fourth-order valence-corrected chi connectivity index (χ4v) is 2.67. The van der Waals surface area contributed by atoms with Gasteiger partial charge >= 0.3 is 12.0 Å². The maximum absolute atomic E-state index is 12.3. The number of carbonyl (C=O) groups excluding carboxylic acids is 2. The van der Waals surface area contributed by atoms with Crippen molar-refractivity contribution >= 4 is 27.9 Å². The van der Waals surface area contributed by atoms with Crippen LogP contribution in [0.4, 0.5) is 4.79 Å². The molecule has 5 nitrogen and oxygen atoms in total. The van der Waals surface area contributed by atoms with Gasteiger partial charge in [-0.05, 0) is 24.6 Å². The highest BCUT2D eigenvalue weighted by Crippen LogP contribution is 2.31. The lowest BCUT2D eigenvalue weighted by Crippen LogP contribution is -2.47. The van der Waals surface area contributed by atoms with E-state index in [2.05, 4.69) is 27.8 Å². The molecule has 0 aromatic heterocycles. The van der Waals surface area contributed by atoms with Crippen LogP contribution in [-0.4, -0.2) is 30.6 Å². The van der Waals surface area contributed by atoms with Crippen LogP contribution in [0.2, 0.25) is 0 Å². The molecule has 1 atom stereocenters. The molecule has 1 aromatic carbocycles. The molecule has 0 radical (unpaired) electrons. The highest BCUT2D eigenvalue weighted by Gasteiger charge is 2.35. The van der Waals surface area contributed by atoms with Crippen molar-refractivity contribution in [1.29, 1.82) is 0 Å². The molecule has 0 saturated carbocycles. The molecule has 0 saturated heterocycles. The number of carbonyl (C=O) groups is 2. The van der Waals surface area contributed by atoms with Crippen LogP contribution in [0.25, 0.3) is 0 Å². The molecule has 2 amide bonds. The van der Waals surface area contributed by atoms with Crippen LogP contribution < -0.4 is 5.32 Å². The first-order valence-electron chi connectivity index (χ1n) is 6.73. The SMILES string of the molecule is C=CCN1C(=O)N[C@@H](c2ccc(Br)cc2)C(C(=O)OC)=C1C. The quantitative estimate of drug-likeness (QED) is 0.659. The van der Waals surface area contributed by atoms with Gasteiger partial charge in [0, 0.05) is 16.7 Å². The molecule has 0 fully saturated rings. The van der Waals surface area contributed by atoms with Gasteiger partial charge in [-0.1, -0.05) is 34.1 Å². The minimum absolute atomic E-state index is 0.266. The first kappa shape index (κ1) is 16.3. The lowest BCUT2D eigenvalue weighted by molar-refractivity contribution is -0.136. The van der Waals surface area contributed by atoms with Gasteiger partial charge in [0.1, 0.15) is 0 Å². The molecule has 1 heterocycles. The summed E-state index contributed by atoms with van der Waals surface area (Å²) in [7, 11) is 1.33. The van der Waals surface area contributed by atoms with E-state index in [-0.39, 0.29) is 6.03 Å². The van der Waals surface area contributed by atoms with Crippen molar-refractivity contribution in [3.05, 3.63) is 58.2 Å². The number of benzene rings is 1. The third-order valence-electron chi connectivity index (χ3n) is 3.52. The Balaban J connectivity index is 2.52. The van der Waals surface area contributed by atoms with Gasteiger partial charge in [-0.15, -0.1) is 6.58 Å². The average Bonchev–Trinajstić information content (AvgIpc) is 2.51. The van der Waals surface area contributed by atoms with Crippen molar-refractivity contribution in [2.24, 2.45) is 0 Å². The number of hydrogen-bond acceptors (Lipinski definition) is 3. The first-order chi connectivity index (χ1) is 10.5. The van der Waals surface area contributed by atoms with E-state index in [9.17, 15) is 9.59 Å². The first-order valence-corrected chi connectivity index (χ1v) is 7.52. The Morgan fingerprint density at radius 3 is 2.64 bits per heavy atom. The summed E-state index contributed by atoms with van der Waals surface area (Å²) in [5, 5.41) is 2.85. The zero-order valence-electron chi connectivity index (χ0n) is 12.4. The number of methoxy groups -OCH3 is 1. The molecule has 1 aliphatic rings. The Morgan fingerprint density at radius 2 is 2.09 bits per heavy atom. The molecule has 6 heteroatoms. The number of ether oxygens (including phenoxy) is 1. The predicted molar refractivity (Wildman–Crippen MR) is 87.0 cm³/mol. The molecule has 1 aliphatic heterocycles. The average molecular weight is 365 g/mol. The van der Waals surface area contributed by atoms with Gasteiger partial charge in [0.05, 0.1) is 18.7 Å². The summed E-state index contributed by atoms with van der Waals surface area (Å²) in [6.07, 6.45) is 1.61. The maximum Gasteiger partial charge on any atom is 0.337 e. The van der Waals surface area contributed by atoms with Crippen LogP contribution in [0.5, 0.6) is 0 Å². The van der Waals surface area contributed by atoms with E-state index >= 15 is 0 Å². The molecule has 2 rings (SSSR count). The summed E-state index contributed by atoms with van der Waals surface area (Å²) in [6.45, 7) is 5.70. The summed E-state index contributed by atoms with van der Waals surface area (Å²) in [5.41, 5.74) is 1.81. The fourth-order valence-electron chi connectivity index (χ4n) is 2.41. The molecule has 0 bridgehead atoms. The van der Waals surface area contributed by atoms with Crippen LogP contribution >= 0.6 is 15.9 Å². The molecule has 1 N–H and O–H groups in total. The predicted octanol–water partition coefficient (Wildman–Crippen LogP) is 3.15. The number of amides is 2. The van der Waals surface area contributed by atoms with Crippen LogP contribution in [0.15, 0.2) is 52.7 Å². The molecule has 1 aromatic rings. The van der Waals surface area contributed by atoms with Crippen LogP contribution in [0, 0.1) is 0 Å². The highest BCUT2D eigenvalue weighted by molar-refractivity contribution is 9.10. The van der Waals surface area contributed by atoms with E-state index < -0.39 is 12.0 Å². The zero-order valence-corrected chi connectivity index (χ0v) is 14.0. The van der Waals surface area contributed by atoms with E-state index in [1.807, 2.05) is 24.3 Å². The normalized spacial score (nSPS) is 18.0. The van der Waals surface area contributed by atoms with Crippen molar-refractivity contribution in [3.8, 4) is 0 Å². The fraction of sp³-hybridized carbons (Fsp3) is 0.250. The van der Waals surface area contributed by atoms with E-state index in [4.69, 9.17) is 4.74 Å². The lowest BCUT2D eigenvalue weighted by atomic mass is 9.95.